The molecule has 1 saturated heterocycles. The maximum atomic E-state index is 9.48. The molecule has 12 heavy (non-hydrogen) atoms. The SMILES string of the molecule is CCC[C@H]1C[C@H](O)CN1CCC. The van der Waals surface area contributed by atoms with E-state index in [2.05, 4.69) is 18.7 Å². The molecular weight excluding hydrogens is 150 g/mol. The van der Waals surface area contributed by atoms with E-state index in [1.54, 1.807) is 0 Å². The van der Waals surface area contributed by atoms with Crippen LogP contribution in [0.3, 0.4) is 0 Å². The Balaban J connectivity index is 2.36. The molecule has 1 aliphatic rings. The molecule has 2 nitrogen and oxygen atoms in total. The summed E-state index contributed by atoms with van der Waals surface area (Å²) in [6.07, 6.45) is 4.61. The molecule has 1 N–H and O–H groups in total. The lowest BCUT2D eigenvalue weighted by Crippen LogP contribution is -2.30. The van der Waals surface area contributed by atoms with Crippen LogP contribution in [-0.2, 0) is 0 Å². The molecule has 0 unspecified atom stereocenters. The van der Waals surface area contributed by atoms with Gasteiger partial charge in [-0.25, -0.2) is 0 Å². The third-order valence-corrected chi connectivity index (χ3v) is 2.64. The van der Waals surface area contributed by atoms with Crippen LogP contribution in [0.1, 0.15) is 39.5 Å². The first kappa shape index (κ1) is 10.0. The lowest BCUT2D eigenvalue weighted by atomic mass is 10.1. The molecule has 1 fully saturated rings. The van der Waals surface area contributed by atoms with E-state index in [4.69, 9.17) is 0 Å². The number of β-amino-alcohol motifs (C(OH)–C–C–N with tert-alkyl or cyclic N) is 1. The smallest absolute Gasteiger partial charge is 0.0682 e. The molecule has 2 atom stereocenters. The Morgan fingerprint density at radius 2 is 2.08 bits per heavy atom. The van der Waals surface area contributed by atoms with Gasteiger partial charge in [-0.1, -0.05) is 20.3 Å². The van der Waals surface area contributed by atoms with Gasteiger partial charge in [0.1, 0.15) is 0 Å². The van der Waals surface area contributed by atoms with Crippen LogP contribution in [0, 0.1) is 0 Å². The maximum absolute atomic E-state index is 9.48. The summed E-state index contributed by atoms with van der Waals surface area (Å²) in [7, 11) is 0. The predicted octanol–water partition coefficient (Wildman–Crippen LogP) is 1.63. The van der Waals surface area contributed by atoms with Crippen molar-refractivity contribution in [2.75, 3.05) is 13.1 Å². The Morgan fingerprint density at radius 1 is 1.33 bits per heavy atom. The van der Waals surface area contributed by atoms with Gasteiger partial charge in [0.05, 0.1) is 6.10 Å². The van der Waals surface area contributed by atoms with E-state index in [1.807, 2.05) is 0 Å². The van der Waals surface area contributed by atoms with Crippen LogP contribution in [0.15, 0.2) is 0 Å². The van der Waals surface area contributed by atoms with Crippen molar-refractivity contribution in [1.29, 1.82) is 0 Å². The van der Waals surface area contributed by atoms with E-state index < -0.39 is 0 Å². The Labute approximate surface area is 75.6 Å². The van der Waals surface area contributed by atoms with Gasteiger partial charge in [0.25, 0.3) is 0 Å². The van der Waals surface area contributed by atoms with Crippen LogP contribution < -0.4 is 0 Å². The van der Waals surface area contributed by atoms with Gasteiger partial charge in [-0.05, 0) is 25.8 Å². The number of hydrogen-bond donors (Lipinski definition) is 1. The average molecular weight is 171 g/mol. The minimum atomic E-state index is -0.0619. The van der Waals surface area contributed by atoms with Crippen LogP contribution >= 0.6 is 0 Å². The van der Waals surface area contributed by atoms with Crippen molar-refractivity contribution in [2.24, 2.45) is 0 Å². The second kappa shape index (κ2) is 4.83. The zero-order valence-corrected chi connectivity index (χ0v) is 8.29. The molecule has 0 aromatic rings. The monoisotopic (exact) mass is 171 g/mol. The molecule has 1 aliphatic heterocycles. The average Bonchev–Trinajstić information content (AvgIpc) is 2.33. The maximum Gasteiger partial charge on any atom is 0.0682 e. The van der Waals surface area contributed by atoms with Crippen LogP contribution in [-0.4, -0.2) is 35.2 Å². The number of rotatable bonds is 4. The van der Waals surface area contributed by atoms with Crippen molar-refractivity contribution in [3.05, 3.63) is 0 Å². The molecule has 0 radical (unpaired) electrons. The molecule has 0 aromatic carbocycles. The zero-order chi connectivity index (χ0) is 8.97. The summed E-state index contributed by atoms with van der Waals surface area (Å²) in [5, 5.41) is 9.48. The van der Waals surface area contributed by atoms with Gasteiger partial charge in [0, 0.05) is 12.6 Å². The minimum absolute atomic E-state index is 0.0619. The fourth-order valence-corrected chi connectivity index (χ4v) is 2.15. The van der Waals surface area contributed by atoms with Gasteiger partial charge in [0.15, 0.2) is 0 Å². The van der Waals surface area contributed by atoms with Crippen molar-refractivity contribution in [2.45, 2.75) is 51.7 Å². The molecule has 0 aromatic heterocycles. The van der Waals surface area contributed by atoms with Crippen LogP contribution in [0.5, 0.6) is 0 Å². The second-order valence-corrected chi connectivity index (χ2v) is 3.83. The predicted molar refractivity (Wildman–Crippen MR) is 51.2 cm³/mol. The third kappa shape index (κ3) is 2.46. The highest BCUT2D eigenvalue weighted by molar-refractivity contribution is 4.84. The van der Waals surface area contributed by atoms with E-state index in [0.29, 0.717) is 6.04 Å². The number of hydrogen-bond acceptors (Lipinski definition) is 2. The lowest BCUT2D eigenvalue weighted by Gasteiger charge is -2.22. The summed E-state index contributed by atoms with van der Waals surface area (Å²) in [5.74, 6) is 0. The fraction of sp³-hybridized carbons (Fsp3) is 1.00. The van der Waals surface area contributed by atoms with Gasteiger partial charge >= 0.3 is 0 Å². The Bertz CT molecular complexity index is 113. The zero-order valence-electron chi connectivity index (χ0n) is 8.29. The first-order valence-corrected chi connectivity index (χ1v) is 5.20. The van der Waals surface area contributed by atoms with E-state index in [9.17, 15) is 5.11 Å². The van der Waals surface area contributed by atoms with Crippen molar-refractivity contribution >= 4 is 0 Å². The van der Waals surface area contributed by atoms with Gasteiger partial charge in [-0.2, -0.15) is 0 Å². The Kier molecular flexibility index (Phi) is 4.02. The number of nitrogens with zero attached hydrogens (tertiary/aromatic N) is 1. The minimum Gasteiger partial charge on any atom is -0.392 e. The second-order valence-electron chi connectivity index (χ2n) is 3.83. The molecule has 0 aliphatic carbocycles. The van der Waals surface area contributed by atoms with E-state index in [1.165, 1.54) is 19.3 Å². The molecule has 1 rings (SSSR count). The Hall–Kier alpha value is -0.0800. The molecule has 0 spiro atoms. The van der Waals surface area contributed by atoms with E-state index >= 15 is 0 Å². The van der Waals surface area contributed by atoms with Gasteiger partial charge in [-0.3, -0.25) is 4.90 Å². The topological polar surface area (TPSA) is 23.5 Å². The largest absolute Gasteiger partial charge is 0.392 e. The fourth-order valence-electron chi connectivity index (χ4n) is 2.15. The molecule has 0 saturated carbocycles. The summed E-state index contributed by atoms with van der Waals surface area (Å²) >= 11 is 0. The molecule has 2 heteroatoms. The third-order valence-electron chi connectivity index (χ3n) is 2.64. The van der Waals surface area contributed by atoms with E-state index in [0.717, 1.165) is 19.5 Å². The number of likely N-dealkylation sites (tertiary alicyclic amines) is 1. The first-order valence-electron chi connectivity index (χ1n) is 5.20. The molecule has 0 bridgehead atoms. The van der Waals surface area contributed by atoms with Gasteiger partial charge in [0.2, 0.25) is 0 Å². The lowest BCUT2D eigenvalue weighted by molar-refractivity contribution is 0.174. The van der Waals surface area contributed by atoms with Crippen LogP contribution in [0.2, 0.25) is 0 Å². The normalized spacial score (nSPS) is 31.2. The molecule has 0 amide bonds. The molecular formula is C10H21NO. The van der Waals surface area contributed by atoms with Crippen molar-refractivity contribution < 1.29 is 5.11 Å². The summed E-state index contributed by atoms with van der Waals surface area (Å²) in [6, 6.07) is 0.657. The van der Waals surface area contributed by atoms with Gasteiger partial charge in [-0.15, -0.1) is 0 Å². The highest BCUT2D eigenvalue weighted by Gasteiger charge is 2.28. The number of aliphatic hydroxyl groups excluding tert-OH is 1. The van der Waals surface area contributed by atoms with Crippen LogP contribution in [0.25, 0.3) is 0 Å². The van der Waals surface area contributed by atoms with Crippen LogP contribution in [0.4, 0.5) is 0 Å². The van der Waals surface area contributed by atoms with E-state index in [-0.39, 0.29) is 6.10 Å². The summed E-state index contributed by atoms with van der Waals surface area (Å²) in [6.45, 7) is 6.47. The summed E-state index contributed by atoms with van der Waals surface area (Å²) in [5.41, 5.74) is 0. The quantitative estimate of drug-likeness (QED) is 0.695. The van der Waals surface area contributed by atoms with Crippen molar-refractivity contribution in [3.63, 3.8) is 0 Å². The first-order chi connectivity index (χ1) is 5.77. The van der Waals surface area contributed by atoms with Gasteiger partial charge < -0.3 is 5.11 Å². The highest BCUT2D eigenvalue weighted by Crippen LogP contribution is 2.21. The van der Waals surface area contributed by atoms with Crippen molar-refractivity contribution in [1.82, 2.24) is 4.90 Å². The molecule has 72 valence electrons. The standard InChI is InChI=1S/C10H21NO/c1-3-5-9-7-10(12)8-11(9)6-4-2/h9-10,12H,3-8H2,1-2H3/t9-,10-/m0/s1. The molecule has 1 heterocycles. The summed E-state index contributed by atoms with van der Waals surface area (Å²) in [4.78, 5) is 2.44. The van der Waals surface area contributed by atoms with Crippen molar-refractivity contribution in [3.8, 4) is 0 Å². The highest BCUT2D eigenvalue weighted by atomic mass is 16.3. The summed E-state index contributed by atoms with van der Waals surface area (Å²) < 4.78 is 0. The Morgan fingerprint density at radius 3 is 2.67 bits per heavy atom. The number of aliphatic hydroxyl groups is 1.